The summed E-state index contributed by atoms with van der Waals surface area (Å²) in [6.07, 6.45) is 0.892. The predicted molar refractivity (Wildman–Crippen MR) is 126 cm³/mol. The molecule has 5 rings (SSSR count). The molecule has 146 valence electrons. The van der Waals surface area contributed by atoms with Crippen LogP contribution in [0.3, 0.4) is 0 Å². The third-order valence-electron chi connectivity index (χ3n) is 5.72. The molecule has 0 saturated heterocycles. The van der Waals surface area contributed by atoms with Gasteiger partial charge in [0.05, 0.1) is 17.4 Å². The van der Waals surface area contributed by atoms with Crippen LogP contribution >= 0.6 is 0 Å². The number of hydrazone groups is 1. The lowest BCUT2D eigenvalue weighted by molar-refractivity contribution is 0.709. The highest BCUT2D eigenvalue weighted by molar-refractivity contribution is 6.03. The van der Waals surface area contributed by atoms with E-state index in [4.69, 9.17) is 5.10 Å². The van der Waals surface area contributed by atoms with Gasteiger partial charge < -0.3 is 0 Å². The van der Waals surface area contributed by atoms with Crippen molar-refractivity contribution < 1.29 is 0 Å². The fourth-order valence-electron chi connectivity index (χ4n) is 4.04. The van der Waals surface area contributed by atoms with E-state index in [1.54, 1.807) is 0 Å². The molecular formula is C28H24N2. The molecule has 2 heteroatoms. The maximum absolute atomic E-state index is 5.06. The van der Waals surface area contributed by atoms with Gasteiger partial charge >= 0.3 is 0 Å². The number of anilines is 1. The van der Waals surface area contributed by atoms with Crippen molar-refractivity contribution in [1.29, 1.82) is 0 Å². The molecule has 2 nitrogen and oxygen atoms in total. The Balaban J connectivity index is 1.48. The lowest BCUT2D eigenvalue weighted by Gasteiger charge is -2.24. The number of aryl methyl sites for hydroxylation is 1. The minimum atomic E-state index is 0.205. The number of nitrogens with zero attached hydrogens (tertiary/aromatic N) is 2. The summed E-state index contributed by atoms with van der Waals surface area (Å²) in [7, 11) is 0. The summed E-state index contributed by atoms with van der Waals surface area (Å²) >= 11 is 0. The fourth-order valence-corrected chi connectivity index (χ4v) is 4.04. The van der Waals surface area contributed by atoms with Gasteiger partial charge in [-0.2, -0.15) is 5.10 Å². The molecule has 0 radical (unpaired) electrons. The highest BCUT2D eigenvalue weighted by Crippen LogP contribution is 2.36. The van der Waals surface area contributed by atoms with Crippen molar-refractivity contribution in [3.63, 3.8) is 0 Å². The average molecular weight is 389 g/mol. The van der Waals surface area contributed by atoms with Crippen molar-refractivity contribution in [3.8, 4) is 11.1 Å². The molecule has 0 fully saturated rings. The van der Waals surface area contributed by atoms with E-state index in [0.29, 0.717) is 0 Å². The van der Waals surface area contributed by atoms with Gasteiger partial charge in [-0.15, -0.1) is 0 Å². The Bertz CT molecular complexity index is 1140. The maximum Gasteiger partial charge on any atom is 0.0831 e. The maximum atomic E-state index is 5.06. The minimum absolute atomic E-state index is 0.205. The normalized spacial score (nSPS) is 15.8. The summed E-state index contributed by atoms with van der Waals surface area (Å²) in [6.45, 7) is 2.13. The first-order valence-corrected chi connectivity index (χ1v) is 10.4. The van der Waals surface area contributed by atoms with E-state index in [1.807, 2.05) is 6.07 Å². The average Bonchev–Trinajstić information content (AvgIpc) is 3.26. The topological polar surface area (TPSA) is 15.6 Å². The Kier molecular flexibility index (Phi) is 4.90. The Morgan fingerprint density at radius 3 is 1.87 bits per heavy atom. The third kappa shape index (κ3) is 3.65. The molecule has 0 aliphatic carbocycles. The molecule has 30 heavy (non-hydrogen) atoms. The van der Waals surface area contributed by atoms with E-state index in [0.717, 1.165) is 17.8 Å². The second-order valence-electron chi connectivity index (χ2n) is 7.80. The summed E-state index contributed by atoms with van der Waals surface area (Å²) in [5.74, 6) is 0. The van der Waals surface area contributed by atoms with Gasteiger partial charge in [0.25, 0.3) is 0 Å². The summed E-state index contributed by atoms with van der Waals surface area (Å²) in [4.78, 5) is 0. The lowest BCUT2D eigenvalue weighted by atomic mass is 9.96. The van der Waals surface area contributed by atoms with Crippen LogP contribution in [-0.2, 0) is 0 Å². The Morgan fingerprint density at radius 2 is 1.20 bits per heavy atom. The molecule has 1 atom stereocenters. The van der Waals surface area contributed by atoms with Gasteiger partial charge in [0, 0.05) is 6.42 Å². The molecule has 1 unspecified atom stereocenters. The first-order valence-electron chi connectivity index (χ1n) is 10.4. The van der Waals surface area contributed by atoms with Crippen molar-refractivity contribution in [2.24, 2.45) is 5.10 Å². The number of hydrogen-bond donors (Lipinski definition) is 0. The van der Waals surface area contributed by atoms with Crippen LogP contribution in [0.4, 0.5) is 5.69 Å². The van der Waals surface area contributed by atoms with Crippen molar-refractivity contribution in [2.45, 2.75) is 19.4 Å². The third-order valence-corrected chi connectivity index (χ3v) is 5.72. The first-order chi connectivity index (χ1) is 14.8. The standard InChI is InChI=1S/C28H24N2/c1-21-12-14-25(15-13-21)28-20-27(29-30(28)26-10-6-3-7-11-26)24-18-16-23(17-19-24)22-8-4-2-5-9-22/h2-19,28H,20H2,1H3. The summed E-state index contributed by atoms with van der Waals surface area (Å²) in [6, 6.07) is 38.8. The van der Waals surface area contributed by atoms with Gasteiger partial charge in [-0.05, 0) is 41.3 Å². The molecule has 0 N–H and O–H groups in total. The van der Waals surface area contributed by atoms with Gasteiger partial charge in [-0.1, -0.05) is 103 Å². The summed E-state index contributed by atoms with van der Waals surface area (Å²) < 4.78 is 0. The summed E-state index contributed by atoms with van der Waals surface area (Å²) in [5, 5.41) is 7.23. The second-order valence-corrected chi connectivity index (χ2v) is 7.80. The van der Waals surface area contributed by atoms with E-state index in [-0.39, 0.29) is 6.04 Å². The molecular weight excluding hydrogens is 364 g/mol. The number of para-hydroxylation sites is 1. The monoisotopic (exact) mass is 388 g/mol. The minimum Gasteiger partial charge on any atom is -0.257 e. The zero-order chi connectivity index (χ0) is 20.3. The molecule has 0 aromatic heterocycles. The van der Waals surface area contributed by atoms with E-state index in [2.05, 4.69) is 115 Å². The van der Waals surface area contributed by atoms with Crippen molar-refractivity contribution in [3.05, 3.63) is 126 Å². The quantitative estimate of drug-likeness (QED) is 0.367. The fraction of sp³-hybridized carbons (Fsp3) is 0.107. The number of benzene rings is 4. The van der Waals surface area contributed by atoms with Crippen molar-refractivity contribution in [2.75, 3.05) is 5.01 Å². The van der Waals surface area contributed by atoms with Gasteiger partial charge in [-0.3, -0.25) is 5.01 Å². The first kappa shape index (κ1) is 18.4. The number of hydrogen-bond acceptors (Lipinski definition) is 2. The molecule has 0 amide bonds. The molecule has 1 aliphatic rings. The van der Waals surface area contributed by atoms with Crippen LogP contribution in [0, 0.1) is 6.92 Å². The van der Waals surface area contributed by atoms with Gasteiger partial charge in [0.2, 0.25) is 0 Å². The Morgan fingerprint density at radius 1 is 0.633 bits per heavy atom. The van der Waals surface area contributed by atoms with Crippen LogP contribution in [0.5, 0.6) is 0 Å². The number of rotatable bonds is 4. The molecule has 0 saturated carbocycles. The van der Waals surface area contributed by atoms with Crippen LogP contribution in [-0.4, -0.2) is 5.71 Å². The van der Waals surface area contributed by atoms with Crippen LogP contribution < -0.4 is 5.01 Å². The highest BCUT2D eigenvalue weighted by Gasteiger charge is 2.29. The van der Waals surface area contributed by atoms with Gasteiger partial charge in [0.1, 0.15) is 0 Å². The van der Waals surface area contributed by atoms with Gasteiger partial charge in [-0.25, -0.2) is 0 Å². The highest BCUT2D eigenvalue weighted by atomic mass is 15.5. The second kappa shape index (κ2) is 8.00. The Hall–Kier alpha value is -3.65. The van der Waals surface area contributed by atoms with Gasteiger partial charge in [0.15, 0.2) is 0 Å². The SMILES string of the molecule is Cc1ccc(C2CC(c3ccc(-c4ccccc4)cc3)=NN2c2ccccc2)cc1. The smallest absolute Gasteiger partial charge is 0.0831 e. The van der Waals surface area contributed by atoms with E-state index >= 15 is 0 Å². The molecule has 1 aliphatic heterocycles. The van der Waals surface area contributed by atoms with Crippen LogP contribution in [0.25, 0.3) is 11.1 Å². The van der Waals surface area contributed by atoms with Crippen molar-refractivity contribution in [1.82, 2.24) is 0 Å². The molecule has 0 bridgehead atoms. The van der Waals surface area contributed by atoms with Crippen LogP contribution in [0.1, 0.15) is 29.2 Å². The van der Waals surface area contributed by atoms with Crippen molar-refractivity contribution >= 4 is 11.4 Å². The molecule has 1 heterocycles. The van der Waals surface area contributed by atoms with E-state index < -0.39 is 0 Å². The molecule has 0 spiro atoms. The largest absolute Gasteiger partial charge is 0.257 e. The zero-order valence-electron chi connectivity index (χ0n) is 17.1. The Labute approximate surface area is 178 Å². The van der Waals surface area contributed by atoms with Crippen LogP contribution in [0.15, 0.2) is 114 Å². The molecule has 4 aromatic carbocycles. The lowest BCUT2D eigenvalue weighted by Crippen LogP contribution is -2.18. The molecule has 4 aromatic rings. The predicted octanol–water partition coefficient (Wildman–Crippen LogP) is 7.02. The zero-order valence-corrected chi connectivity index (χ0v) is 17.1. The summed E-state index contributed by atoms with van der Waals surface area (Å²) in [5.41, 5.74) is 8.48. The van der Waals surface area contributed by atoms with E-state index in [1.165, 1.54) is 27.8 Å². The van der Waals surface area contributed by atoms with Crippen LogP contribution in [0.2, 0.25) is 0 Å². The van der Waals surface area contributed by atoms with E-state index in [9.17, 15) is 0 Å².